The molecule has 0 fully saturated rings. The van der Waals surface area contributed by atoms with Crippen molar-refractivity contribution in [1.29, 1.82) is 0 Å². The highest BCUT2D eigenvalue weighted by Gasteiger charge is 2.07. The number of nitrogens with one attached hydrogen (secondary N) is 1. The van der Waals surface area contributed by atoms with E-state index in [1.807, 2.05) is 19.5 Å². The highest BCUT2D eigenvalue weighted by atomic mass is 32.2. The van der Waals surface area contributed by atoms with Gasteiger partial charge in [0.25, 0.3) is 0 Å². The van der Waals surface area contributed by atoms with E-state index in [1.54, 1.807) is 16.8 Å². The fourth-order valence-corrected chi connectivity index (χ4v) is 0.980. The number of hydrogen-bond acceptors (Lipinski definition) is 3. The Balaban J connectivity index is 2.49. The van der Waals surface area contributed by atoms with Crippen molar-refractivity contribution in [3.63, 3.8) is 0 Å². The Morgan fingerprint density at radius 1 is 1.88 bits per heavy atom. The van der Waals surface area contributed by atoms with Gasteiger partial charge in [0.15, 0.2) is 0 Å². The first kappa shape index (κ1) is 5.78. The van der Waals surface area contributed by atoms with E-state index in [9.17, 15) is 0 Å². The van der Waals surface area contributed by atoms with Gasteiger partial charge in [0.2, 0.25) is 0 Å². The summed E-state index contributed by atoms with van der Waals surface area (Å²) < 4.78 is 0. The summed E-state index contributed by atoms with van der Waals surface area (Å²) in [4.78, 5) is 0. The molecule has 1 radical (unpaired) electrons. The second-order valence-corrected chi connectivity index (χ2v) is 2.27. The Morgan fingerprint density at radius 3 is 2.88 bits per heavy atom. The fraction of sp³-hybridized carbons (Fsp3) is 0.500. The number of hydrogen-bond donors (Lipinski definition) is 1. The van der Waals surface area contributed by atoms with Crippen molar-refractivity contribution < 1.29 is 0 Å². The minimum Gasteiger partial charge on any atom is -0.289 e. The van der Waals surface area contributed by atoms with E-state index in [0.717, 1.165) is 5.03 Å². The Labute approximate surface area is 53.1 Å². The first-order chi connectivity index (χ1) is 3.84. The molecule has 0 aromatic heterocycles. The Hall–Kier alpha value is -0.350. The van der Waals surface area contributed by atoms with Crippen molar-refractivity contribution in [3.05, 3.63) is 11.2 Å². The molecule has 0 amide bonds. The van der Waals surface area contributed by atoms with Crippen LogP contribution in [0, 0.1) is 0 Å². The molecule has 0 bridgehead atoms. The maximum Gasteiger partial charge on any atom is 0.105 e. The van der Waals surface area contributed by atoms with Crippen LogP contribution in [0.2, 0.25) is 0 Å². The van der Waals surface area contributed by atoms with Gasteiger partial charge in [0.05, 0.1) is 0 Å². The van der Waals surface area contributed by atoms with E-state index in [-0.39, 0.29) is 0 Å². The summed E-state index contributed by atoms with van der Waals surface area (Å²) in [7, 11) is 1.91. The van der Waals surface area contributed by atoms with Gasteiger partial charge in [-0.3, -0.25) is 10.4 Å². The maximum absolute atomic E-state index is 3.86. The van der Waals surface area contributed by atoms with Crippen LogP contribution in [0.5, 0.6) is 0 Å². The first-order valence-electron chi connectivity index (χ1n) is 2.28. The molecule has 1 rings (SSSR count). The Bertz CT molecular complexity index is 112. The first-order valence-corrected chi connectivity index (χ1v) is 3.51. The molecule has 1 aliphatic rings. The van der Waals surface area contributed by atoms with Crippen LogP contribution in [-0.4, -0.2) is 18.3 Å². The molecule has 45 valence electrons. The zero-order chi connectivity index (χ0) is 5.98. The molecule has 1 N–H and O–H groups in total. The van der Waals surface area contributed by atoms with E-state index < -0.39 is 0 Å². The predicted octanol–water partition coefficient (Wildman–Crippen LogP) is 0.118. The topological polar surface area (TPSA) is 29.4 Å². The van der Waals surface area contributed by atoms with Crippen molar-refractivity contribution in [1.82, 2.24) is 16.0 Å². The molecule has 0 aromatic rings. The van der Waals surface area contributed by atoms with Crippen LogP contribution < -0.4 is 11.0 Å². The molecule has 0 aliphatic carbocycles. The molecule has 0 aromatic carbocycles. The van der Waals surface area contributed by atoms with Gasteiger partial charge in [0.1, 0.15) is 5.03 Å². The highest BCUT2D eigenvalue weighted by Crippen LogP contribution is 2.14. The van der Waals surface area contributed by atoms with E-state index >= 15 is 0 Å². The number of rotatable bonds is 1. The SMILES string of the molecule is CSC1=CN[N]N1C. The molecule has 1 heterocycles. The molecule has 4 heteroatoms. The third-order valence-corrected chi connectivity index (χ3v) is 1.72. The second kappa shape index (κ2) is 2.28. The third kappa shape index (κ3) is 0.900. The van der Waals surface area contributed by atoms with Crippen LogP contribution in [0.15, 0.2) is 11.2 Å². The maximum atomic E-state index is 3.86. The van der Waals surface area contributed by atoms with Crippen LogP contribution >= 0.6 is 11.8 Å². The van der Waals surface area contributed by atoms with Crippen molar-refractivity contribution in [2.24, 2.45) is 0 Å². The lowest BCUT2D eigenvalue weighted by atomic mass is 10.9. The fourth-order valence-electron chi connectivity index (χ4n) is 0.504. The standard InChI is InChI=1S/C4H8N3S/c1-7-4(8-2)3-5-6-7/h3,5H,1-2H3. The summed E-state index contributed by atoms with van der Waals surface area (Å²) in [6.07, 6.45) is 3.88. The van der Waals surface area contributed by atoms with Gasteiger partial charge in [-0.25, -0.2) is 0 Å². The van der Waals surface area contributed by atoms with Crippen molar-refractivity contribution in [2.75, 3.05) is 13.3 Å². The lowest BCUT2D eigenvalue weighted by Gasteiger charge is -2.08. The van der Waals surface area contributed by atoms with Gasteiger partial charge in [0, 0.05) is 13.2 Å². The van der Waals surface area contributed by atoms with Gasteiger partial charge in [-0.05, 0) is 11.8 Å². The van der Waals surface area contributed by atoms with E-state index in [0.29, 0.717) is 0 Å². The molecular formula is C4H8N3S. The summed E-state index contributed by atoms with van der Waals surface area (Å²) in [6, 6.07) is 0. The predicted molar refractivity (Wildman–Crippen MR) is 34.6 cm³/mol. The summed E-state index contributed by atoms with van der Waals surface area (Å²) in [5.74, 6) is 0. The van der Waals surface area contributed by atoms with Crippen LogP contribution in [0.3, 0.4) is 0 Å². The summed E-state index contributed by atoms with van der Waals surface area (Å²) in [5.41, 5.74) is 6.60. The van der Waals surface area contributed by atoms with E-state index in [1.165, 1.54) is 0 Å². The van der Waals surface area contributed by atoms with Gasteiger partial charge in [-0.15, -0.1) is 11.8 Å². The van der Waals surface area contributed by atoms with Gasteiger partial charge >= 0.3 is 0 Å². The summed E-state index contributed by atoms with van der Waals surface area (Å²) in [6.45, 7) is 0. The molecular weight excluding hydrogens is 122 g/mol. The molecule has 0 saturated heterocycles. The average Bonchev–Trinajstić information content (AvgIpc) is 2.14. The normalized spacial score (nSPS) is 18.2. The van der Waals surface area contributed by atoms with E-state index in [4.69, 9.17) is 0 Å². The van der Waals surface area contributed by atoms with Crippen LogP contribution in [0.25, 0.3) is 0 Å². The largest absolute Gasteiger partial charge is 0.289 e. The van der Waals surface area contributed by atoms with E-state index in [2.05, 4.69) is 11.0 Å². The lowest BCUT2D eigenvalue weighted by molar-refractivity contribution is 0.311. The van der Waals surface area contributed by atoms with Crippen LogP contribution in [-0.2, 0) is 0 Å². The smallest absolute Gasteiger partial charge is 0.105 e. The zero-order valence-electron chi connectivity index (χ0n) is 4.88. The van der Waals surface area contributed by atoms with Crippen LogP contribution in [0.4, 0.5) is 0 Å². The monoisotopic (exact) mass is 130 g/mol. The Morgan fingerprint density at radius 2 is 2.62 bits per heavy atom. The second-order valence-electron chi connectivity index (χ2n) is 1.44. The van der Waals surface area contributed by atoms with Crippen molar-refractivity contribution in [3.8, 4) is 0 Å². The molecule has 3 nitrogen and oxygen atoms in total. The third-order valence-electron chi connectivity index (χ3n) is 0.924. The summed E-state index contributed by atoms with van der Waals surface area (Å²) in [5, 5.41) is 2.94. The summed E-state index contributed by atoms with van der Waals surface area (Å²) >= 11 is 1.67. The zero-order valence-corrected chi connectivity index (χ0v) is 5.70. The van der Waals surface area contributed by atoms with Crippen molar-refractivity contribution >= 4 is 11.8 Å². The molecule has 1 aliphatic heterocycles. The van der Waals surface area contributed by atoms with Gasteiger partial charge in [-0.1, -0.05) is 0 Å². The molecule has 0 unspecified atom stereocenters. The number of thioether (sulfide) groups is 1. The molecule has 0 saturated carbocycles. The minimum atomic E-state index is 1.14. The molecule has 8 heavy (non-hydrogen) atoms. The van der Waals surface area contributed by atoms with Crippen LogP contribution in [0.1, 0.15) is 0 Å². The molecule has 0 spiro atoms. The quantitative estimate of drug-likeness (QED) is 0.546. The van der Waals surface area contributed by atoms with Gasteiger partial charge in [-0.2, -0.15) is 0 Å². The Kier molecular flexibility index (Phi) is 1.65. The average molecular weight is 130 g/mol. The van der Waals surface area contributed by atoms with Gasteiger partial charge < -0.3 is 0 Å². The minimum absolute atomic E-state index is 1.14. The highest BCUT2D eigenvalue weighted by molar-refractivity contribution is 8.02. The molecule has 0 atom stereocenters. The lowest BCUT2D eigenvalue weighted by Crippen LogP contribution is -2.25. The number of nitrogens with zero attached hydrogens (tertiary/aromatic N) is 2. The van der Waals surface area contributed by atoms with Crippen molar-refractivity contribution in [2.45, 2.75) is 0 Å².